The normalized spacial score (nSPS) is 11.9. The number of benzene rings is 2. The SMILES string of the molecule is O=C(O)C(CCl)CCCCCc1ccc(OCc2ccc(F)cc2)cc1. The summed E-state index contributed by atoms with van der Waals surface area (Å²) in [6.07, 6.45) is 4.47. The molecule has 0 aliphatic carbocycles. The summed E-state index contributed by atoms with van der Waals surface area (Å²) in [6.45, 7) is 0.408. The van der Waals surface area contributed by atoms with Crippen molar-refractivity contribution in [2.75, 3.05) is 5.88 Å². The van der Waals surface area contributed by atoms with Crippen LogP contribution in [0.4, 0.5) is 4.39 Å². The lowest BCUT2D eigenvalue weighted by atomic mass is 10.0. The molecule has 0 fully saturated rings. The van der Waals surface area contributed by atoms with Gasteiger partial charge in [-0.3, -0.25) is 4.79 Å². The molecule has 0 heterocycles. The van der Waals surface area contributed by atoms with Crippen LogP contribution in [0.25, 0.3) is 0 Å². The highest BCUT2D eigenvalue weighted by molar-refractivity contribution is 6.19. The van der Waals surface area contributed by atoms with Crippen LogP contribution in [0.3, 0.4) is 0 Å². The van der Waals surface area contributed by atoms with E-state index in [1.165, 1.54) is 17.7 Å². The first-order valence-electron chi connectivity index (χ1n) is 8.83. The number of carboxylic acid groups (broad SMARTS) is 1. The molecule has 26 heavy (non-hydrogen) atoms. The lowest BCUT2D eigenvalue weighted by Crippen LogP contribution is -2.14. The van der Waals surface area contributed by atoms with E-state index in [1.54, 1.807) is 12.1 Å². The van der Waals surface area contributed by atoms with Gasteiger partial charge in [0.25, 0.3) is 0 Å². The Kier molecular flexibility index (Phi) is 8.42. The molecular formula is C21H24ClFO3. The summed E-state index contributed by atoms with van der Waals surface area (Å²) in [7, 11) is 0. The second-order valence-corrected chi connectivity index (χ2v) is 6.66. The van der Waals surface area contributed by atoms with Gasteiger partial charge in [-0.05, 0) is 54.7 Å². The summed E-state index contributed by atoms with van der Waals surface area (Å²) >= 11 is 5.65. The van der Waals surface area contributed by atoms with Crippen LogP contribution in [-0.4, -0.2) is 17.0 Å². The van der Waals surface area contributed by atoms with Crippen molar-refractivity contribution in [2.45, 2.75) is 38.7 Å². The minimum absolute atomic E-state index is 0.175. The molecule has 0 aliphatic heterocycles. The van der Waals surface area contributed by atoms with Crippen LogP contribution in [0.1, 0.15) is 36.8 Å². The predicted molar refractivity (Wildman–Crippen MR) is 101 cm³/mol. The number of hydrogen-bond donors (Lipinski definition) is 1. The molecule has 1 N–H and O–H groups in total. The van der Waals surface area contributed by atoms with E-state index in [1.807, 2.05) is 24.3 Å². The molecule has 1 atom stereocenters. The van der Waals surface area contributed by atoms with E-state index in [2.05, 4.69) is 0 Å². The van der Waals surface area contributed by atoms with Crippen LogP contribution >= 0.6 is 11.6 Å². The van der Waals surface area contributed by atoms with Crippen LogP contribution in [0.5, 0.6) is 5.75 Å². The van der Waals surface area contributed by atoms with Gasteiger partial charge in [0.15, 0.2) is 0 Å². The molecule has 0 spiro atoms. The minimum atomic E-state index is -0.809. The molecule has 2 aromatic carbocycles. The van der Waals surface area contributed by atoms with Gasteiger partial charge in [0, 0.05) is 5.88 Å². The molecule has 2 aromatic rings. The third-order valence-electron chi connectivity index (χ3n) is 4.30. The van der Waals surface area contributed by atoms with E-state index in [-0.39, 0.29) is 11.7 Å². The summed E-state index contributed by atoms with van der Waals surface area (Å²) < 4.78 is 18.6. The number of carbonyl (C=O) groups is 1. The maximum atomic E-state index is 12.9. The number of rotatable bonds is 11. The smallest absolute Gasteiger partial charge is 0.307 e. The van der Waals surface area contributed by atoms with Crippen molar-refractivity contribution < 1.29 is 19.0 Å². The Morgan fingerprint density at radius 3 is 2.27 bits per heavy atom. The highest BCUT2D eigenvalue weighted by atomic mass is 35.5. The molecule has 0 radical (unpaired) electrons. The highest BCUT2D eigenvalue weighted by Gasteiger charge is 2.14. The van der Waals surface area contributed by atoms with Crippen molar-refractivity contribution in [3.63, 3.8) is 0 Å². The van der Waals surface area contributed by atoms with Gasteiger partial charge in [-0.25, -0.2) is 4.39 Å². The van der Waals surface area contributed by atoms with Crippen LogP contribution in [0, 0.1) is 11.7 Å². The third kappa shape index (κ3) is 7.04. The second-order valence-electron chi connectivity index (χ2n) is 6.35. The average Bonchev–Trinajstić information content (AvgIpc) is 2.65. The van der Waals surface area contributed by atoms with Gasteiger partial charge in [-0.2, -0.15) is 0 Å². The maximum Gasteiger partial charge on any atom is 0.307 e. The lowest BCUT2D eigenvalue weighted by Gasteiger charge is -2.09. The highest BCUT2D eigenvalue weighted by Crippen LogP contribution is 2.17. The number of ether oxygens (including phenoxy) is 1. The third-order valence-corrected chi connectivity index (χ3v) is 4.67. The number of carboxylic acids is 1. The fourth-order valence-electron chi connectivity index (χ4n) is 2.66. The van der Waals surface area contributed by atoms with Gasteiger partial charge < -0.3 is 9.84 Å². The number of halogens is 2. The Hall–Kier alpha value is -2.07. The standard InChI is InChI=1S/C21H24ClFO3/c22-14-18(21(24)25)5-3-1-2-4-16-8-12-20(13-9-16)26-15-17-6-10-19(23)11-7-17/h6-13,18H,1-5,14-15H2,(H,24,25). The van der Waals surface area contributed by atoms with E-state index in [0.29, 0.717) is 13.0 Å². The lowest BCUT2D eigenvalue weighted by molar-refractivity contribution is -0.141. The molecule has 140 valence electrons. The van der Waals surface area contributed by atoms with Gasteiger partial charge in [0.05, 0.1) is 5.92 Å². The van der Waals surface area contributed by atoms with Gasteiger partial charge in [0.1, 0.15) is 18.2 Å². The van der Waals surface area contributed by atoms with Crippen molar-refractivity contribution >= 4 is 17.6 Å². The fourth-order valence-corrected chi connectivity index (χ4v) is 2.95. The summed E-state index contributed by atoms with van der Waals surface area (Å²) in [4.78, 5) is 10.9. The van der Waals surface area contributed by atoms with E-state index < -0.39 is 11.9 Å². The van der Waals surface area contributed by atoms with Crippen molar-refractivity contribution in [1.82, 2.24) is 0 Å². The van der Waals surface area contributed by atoms with Gasteiger partial charge >= 0.3 is 5.97 Å². The Labute approximate surface area is 158 Å². The largest absolute Gasteiger partial charge is 0.489 e. The van der Waals surface area contributed by atoms with Crippen LogP contribution < -0.4 is 4.74 Å². The second kappa shape index (κ2) is 10.8. The average molecular weight is 379 g/mol. The first kappa shape index (κ1) is 20.2. The number of aryl methyl sites for hydroxylation is 1. The zero-order valence-corrected chi connectivity index (χ0v) is 15.4. The first-order valence-corrected chi connectivity index (χ1v) is 9.37. The molecule has 1 unspecified atom stereocenters. The Morgan fingerprint density at radius 1 is 1.00 bits per heavy atom. The first-order chi connectivity index (χ1) is 12.6. The maximum absolute atomic E-state index is 12.9. The predicted octanol–water partition coefficient (Wildman–Crippen LogP) is 5.45. The number of alkyl halides is 1. The van der Waals surface area contributed by atoms with Crippen LogP contribution in [0.15, 0.2) is 48.5 Å². The molecule has 0 aromatic heterocycles. The molecule has 0 bridgehead atoms. The quantitative estimate of drug-likeness (QED) is 0.418. The summed E-state index contributed by atoms with van der Waals surface area (Å²) in [5.74, 6) is -0.538. The van der Waals surface area contributed by atoms with E-state index in [4.69, 9.17) is 21.4 Å². The summed E-state index contributed by atoms with van der Waals surface area (Å²) in [5.41, 5.74) is 2.15. The molecule has 0 aliphatic rings. The molecule has 0 saturated heterocycles. The van der Waals surface area contributed by atoms with Crippen molar-refractivity contribution in [3.8, 4) is 5.75 Å². The van der Waals surface area contributed by atoms with Crippen LogP contribution in [-0.2, 0) is 17.8 Å². The molecule has 2 rings (SSSR count). The Balaban J connectivity index is 1.67. The zero-order valence-electron chi connectivity index (χ0n) is 14.7. The molecule has 5 heteroatoms. The van der Waals surface area contributed by atoms with Crippen molar-refractivity contribution in [3.05, 3.63) is 65.5 Å². The van der Waals surface area contributed by atoms with E-state index >= 15 is 0 Å². The molecule has 0 amide bonds. The molecule has 3 nitrogen and oxygen atoms in total. The van der Waals surface area contributed by atoms with Crippen molar-refractivity contribution in [2.24, 2.45) is 5.92 Å². The summed E-state index contributed by atoms with van der Waals surface area (Å²) in [6, 6.07) is 14.2. The molecular weight excluding hydrogens is 355 g/mol. The van der Waals surface area contributed by atoms with Crippen molar-refractivity contribution in [1.29, 1.82) is 0 Å². The number of unbranched alkanes of at least 4 members (excludes halogenated alkanes) is 2. The van der Waals surface area contributed by atoms with E-state index in [0.717, 1.165) is 37.0 Å². The molecule has 0 saturated carbocycles. The fraction of sp³-hybridized carbons (Fsp3) is 0.381. The van der Waals surface area contributed by atoms with E-state index in [9.17, 15) is 9.18 Å². The minimum Gasteiger partial charge on any atom is -0.489 e. The van der Waals surface area contributed by atoms with Crippen LogP contribution in [0.2, 0.25) is 0 Å². The van der Waals surface area contributed by atoms with Gasteiger partial charge in [-0.15, -0.1) is 11.6 Å². The van der Waals surface area contributed by atoms with Gasteiger partial charge in [0.2, 0.25) is 0 Å². The number of aliphatic carboxylic acids is 1. The Bertz CT molecular complexity index is 671. The van der Waals surface area contributed by atoms with Gasteiger partial charge in [-0.1, -0.05) is 37.1 Å². The Morgan fingerprint density at radius 2 is 1.65 bits per heavy atom. The zero-order chi connectivity index (χ0) is 18.8. The number of hydrogen-bond acceptors (Lipinski definition) is 2. The topological polar surface area (TPSA) is 46.5 Å². The monoisotopic (exact) mass is 378 g/mol. The summed E-state index contributed by atoms with van der Waals surface area (Å²) in [5, 5.41) is 8.95.